The zero-order chi connectivity index (χ0) is 18.7. The van der Waals surface area contributed by atoms with Crippen LogP contribution in [0, 0.1) is 0 Å². The quantitative estimate of drug-likeness (QED) is 0.520. The van der Waals surface area contributed by atoms with Crippen LogP contribution in [0.1, 0.15) is 30.9 Å². The fourth-order valence-electron chi connectivity index (χ4n) is 3.33. The van der Waals surface area contributed by atoms with Crippen molar-refractivity contribution in [1.82, 2.24) is 10.6 Å². The highest BCUT2D eigenvalue weighted by Crippen LogP contribution is 2.33. The summed E-state index contributed by atoms with van der Waals surface area (Å²) in [6, 6.07) is 6.21. The van der Waals surface area contributed by atoms with E-state index in [1.54, 1.807) is 0 Å². The topological polar surface area (TPSA) is 118 Å². The molecule has 8 nitrogen and oxygen atoms in total. The zero-order valence-electron chi connectivity index (χ0n) is 15.1. The summed E-state index contributed by atoms with van der Waals surface area (Å²) in [7, 11) is 1.94. The van der Waals surface area contributed by atoms with Crippen molar-refractivity contribution < 1.29 is 19.5 Å². The van der Waals surface area contributed by atoms with Crippen molar-refractivity contribution in [3.05, 3.63) is 29.3 Å². The summed E-state index contributed by atoms with van der Waals surface area (Å²) in [6.07, 6.45) is 1.58. The number of amidine groups is 1. The van der Waals surface area contributed by atoms with Crippen LogP contribution in [0.4, 0.5) is 0 Å². The lowest BCUT2D eigenvalue weighted by Gasteiger charge is -2.35. The minimum absolute atomic E-state index is 0.354. The Bertz CT molecular complexity index is 708. The van der Waals surface area contributed by atoms with Gasteiger partial charge in [-0.05, 0) is 63.5 Å². The Morgan fingerprint density at radius 3 is 3.08 bits per heavy atom. The number of carboxylic acid groups (broad SMARTS) is 1. The van der Waals surface area contributed by atoms with Crippen molar-refractivity contribution >= 4 is 11.8 Å². The highest BCUT2D eigenvalue weighted by Gasteiger charge is 2.46. The largest absolute Gasteiger partial charge is 0.486 e. The number of fused-ring (bicyclic) bond motifs is 1. The maximum Gasteiger partial charge on any atom is 0.341 e. The number of carbonyl (C=O) groups is 1. The van der Waals surface area contributed by atoms with Crippen LogP contribution in [-0.2, 0) is 16.1 Å². The summed E-state index contributed by atoms with van der Waals surface area (Å²) >= 11 is 0. The van der Waals surface area contributed by atoms with E-state index in [1.165, 1.54) is 6.92 Å². The molecule has 2 aliphatic heterocycles. The molecular weight excluding hydrogens is 336 g/mol. The molecule has 0 spiro atoms. The Morgan fingerprint density at radius 1 is 1.58 bits per heavy atom. The van der Waals surface area contributed by atoms with Gasteiger partial charge in [-0.15, -0.1) is 0 Å². The molecule has 5 N–H and O–H groups in total. The van der Waals surface area contributed by atoms with Gasteiger partial charge in [0.05, 0.1) is 6.54 Å². The SMILES string of the molecule is CNCCC1CN=C(c2ccc3c(c2)CC[C@H]([C@](C)(ON)C(=O)O)O3)N1. The van der Waals surface area contributed by atoms with E-state index in [-0.39, 0.29) is 0 Å². The molecule has 8 heteroatoms. The minimum atomic E-state index is -1.58. The van der Waals surface area contributed by atoms with Crippen LogP contribution in [0.2, 0.25) is 0 Å². The second-order valence-corrected chi connectivity index (χ2v) is 6.92. The Kier molecular flexibility index (Phi) is 5.45. The predicted octanol–water partition coefficient (Wildman–Crippen LogP) is 0.442. The first-order valence-electron chi connectivity index (χ1n) is 8.84. The Labute approximate surface area is 152 Å². The fraction of sp³-hybridized carbons (Fsp3) is 0.556. The number of rotatable bonds is 7. The molecule has 1 unspecified atom stereocenters. The monoisotopic (exact) mass is 362 g/mol. The lowest BCUT2D eigenvalue weighted by atomic mass is 9.90. The molecule has 142 valence electrons. The van der Waals surface area contributed by atoms with Gasteiger partial charge >= 0.3 is 5.97 Å². The van der Waals surface area contributed by atoms with Gasteiger partial charge in [0, 0.05) is 11.6 Å². The van der Waals surface area contributed by atoms with Crippen molar-refractivity contribution in [2.24, 2.45) is 10.9 Å². The number of ether oxygens (including phenoxy) is 1. The smallest absolute Gasteiger partial charge is 0.341 e. The zero-order valence-corrected chi connectivity index (χ0v) is 15.1. The van der Waals surface area contributed by atoms with Crippen LogP contribution in [0.5, 0.6) is 5.75 Å². The van der Waals surface area contributed by atoms with Crippen LogP contribution in [0.15, 0.2) is 23.2 Å². The fourth-order valence-corrected chi connectivity index (χ4v) is 3.33. The first kappa shape index (κ1) is 18.6. The van der Waals surface area contributed by atoms with Gasteiger partial charge in [0.2, 0.25) is 5.60 Å². The summed E-state index contributed by atoms with van der Waals surface area (Å²) in [5.41, 5.74) is 0.481. The molecular formula is C18H26N4O4. The highest BCUT2D eigenvalue weighted by atomic mass is 16.7. The first-order chi connectivity index (χ1) is 12.5. The molecule has 1 aromatic carbocycles. The van der Waals surface area contributed by atoms with Gasteiger partial charge in [-0.2, -0.15) is 0 Å². The molecule has 0 saturated carbocycles. The minimum Gasteiger partial charge on any atom is -0.486 e. The predicted molar refractivity (Wildman–Crippen MR) is 97.4 cm³/mol. The number of nitrogens with one attached hydrogen (secondary N) is 2. The first-order valence-corrected chi connectivity index (χ1v) is 8.84. The molecule has 0 bridgehead atoms. The third kappa shape index (κ3) is 3.53. The van der Waals surface area contributed by atoms with Gasteiger partial charge in [0.25, 0.3) is 0 Å². The van der Waals surface area contributed by atoms with Gasteiger partial charge in [0.15, 0.2) is 0 Å². The normalized spacial score (nSPS) is 24.0. The van der Waals surface area contributed by atoms with Crippen LogP contribution >= 0.6 is 0 Å². The van der Waals surface area contributed by atoms with E-state index in [4.69, 9.17) is 15.5 Å². The third-order valence-electron chi connectivity index (χ3n) is 5.12. The highest BCUT2D eigenvalue weighted by molar-refractivity contribution is 6.00. The Morgan fingerprint density at radius 2 is 2.38 bits per heavy atom. The van der Waals surface area contributed by atoms with Crippen molar-refractivity contribution in [3.8, 4) is 5.75 Å². The summed E-state index contributed by atoms with van der Waals surface area (Å²) in [6.45, 7) is 3.16. The van der Waals surface area contributed by atoms with Crippen molar-refractivity contribution in [2.45, 2.75) is 43.9 Å². The number of aryl methyl sites for hydroxylation is 1. The van der Waals surface area contributed by atoms with E-state index in [2.05, 4.69) is 21.7 Å². The van der Waals surface area contributed by atoms with E-state index < -0.39 is 17.7 Å². The summed E-state index contributed by atoms with van der Waals surface area (Å²) in [5, 5.41) is 16.0. The summed E-state index contributed by atoms with van der Waals surface area (Å²) in [4.78, 5) is 20.8. The molecule has 0 saturated heterocycles. The molecule has 0 amide bonds. The van der Waals surface area contributed by atoms with Crippen LogP contribution in [0.25, 0.3) is 0 Å². The lowest BCUT2D eigenvalue weighted by Crippen LogP contribution is -2.54. The molecule has 0 aromatic heterocycles. The van der Waals surface area contributed by atoms with Gasteiger partial charge in [-0.25, -0.2) is 10.7 Å². The number of aliphatic imine (C=N–C) groups is 1. The van der Waals surface area contributed by atoms with Crippen LogP contribution in [-0.4, -0.2) is 54.8 Å². The molecule has 3 rings (SSSR count). The van der Waals surface area contributed by atoms with Gasteiger partial charge < -0.3 is 20.5 Å². The molecule has 2 heterocycles. The number of carboxylic acids is 1. The summed E-state index contributed by atoms with van der Waals surface area (Å²) in [5.74, 6) is 5.65. The molecule has 26 heavy (non-hydrogen) atoms. The van der Waals surface area contributed by atoms with Crippen molar-refractivity contribution in [2.75, 3.05) is 20.1 Å². The molecule has 0 radical (unpaired) electrons. The van der Waals surface area contributed by atoms with E-state index >= 15 is 0 Å². The van der Waals surface area contributed by atoms with E-state index in [1.807, 2.05) is 19.2 Å². The van der Waals surface area contributed by atoms with E-state index in [0.717, 1.165) is 36.5 Å². The van der Waals surface area contributed by atoms with Crippen molar-refractivity contribution in [3.63, 3.8) is 0 Å². The number of nitrogens with zero attached hydrogens (tertiary/aromatic N) is 1. The Balaban J connectivity index is 1.71. The summed E-state index contributed by atoms with van der Waals surface area (Å²) < 4.78 is 5.89. The number of hydrogen-bond donors (Lipinski definition) is 4. The third-order valence-corrected chi connectivity index (χ3v) is 5.12. The van der Waals surface area contributed by atoms with E-state index in [9.17, 15) is 9.90 Å². The van der Waals surface area contributed by atoms with Gasteiger partial charge in [0.1, 0.15) is 17.7 Å². The molecule has 0 aliphatic carbocycles. The van der Waals surface area contributed by atoms with Crippen molar-refractivity contribution in [1.29, 1.82) is 0 Å². The standard InChI is InChI=1S/C18H26N4O4/c1-18(26-19,17(23)24)15-6-4-11-9-12(3-5-14(11)25-15)16-21-10-13(22-16)7-8-20-2/h3,5,9,13,15,20H,4,6-8,10,19H2,1-2H3,(H,21,22)(H,23,24)/t13?,15-,18+/m1/s1. The van der Waals surface area contributed by atoms with Crippen LogP contribution < -0.4 is 21.3 Å². The average Bonchev–Trinajstić information content (AvgIpc) is 3.13. The van der Waals surface area contributed by atoms with Crippen LogP contribution in [0.3, 0.4) is 0 Å². The number of nitrogens with two attached hydrogens (primary N) is 1. The second-order valence-electron chi connectivity index (χ2n) is 6.92. The van der Waals surface area contributed by atoms with Gasteiger partial charge in [-0.3, -0.25) is 9.83 Å². The number of hydrogen-bond acceptors (Lipinski definition) is 7. The molecule has 3 atom stereocenters. The Hall–Kier alpha value is -2.16. The molecule has 1 aromatic rings. The maximum absolute atomic E-state index is 11.5. The second kappa shape index (κ2) is 7.61. The maximum atomic E-state index is 11.5. The molecule has 0 fully saturated rings. The lowest BCUT2D eigenvalue weighted by molar-refractivity contribution is -0.179. The average molecular weight is 362 g/mol. The van der Waals surface area contributed by atoms with E-state index in [0.29, 0.717) is 24.6 Å². The van der Waals surface area contributed by atoms with Gasteiger partial charge in [-0.1, -0.05) is 0 Å². The number of benzene rings is 1. The molecule has 2 aliphatic rings. The number of aliphatic carboxylic acids is 1.